The van der Waals surface area contributed by atoms with Gasteiger partial charge >= 0.3 is 0 Å². The van der Waals surface area contributed by atoms with Crippen molar-refractivity contribution in [3.05, 3.63) is 100 Å². The summed E-state index contributed by atoms with van der Waals surface area (Å²) in [4.78, 5) is 34.7. The molecule has 32 heavy (non-hydrogen) atoms. The van der Waals surface area contributed by atoms with Crippen molar-refractivity contribution in [3.8, 4) is 0 Å². The van der Waals surface area contributed by atoms with Gasteiger partial charge in [-0.25, -0.2) is 0 Å². The molecule has 0 bridgehead atoms. The van der Waals surface area contributed by atoms with E-state index in [1.54, 1.807) is 42.5 Å². The van der Waals surface area contributed by atoms with E-state index in [0.717, 1.165) is 0 Å². The number of rotatable bonds is 7. The van der Waals surface area contributed by atoms with Gasteiger partial charge in [0.2, 0.25) is 5.91 Å². The van der Waals surface area contributed by atoms with Crippen molar-refractivity contribution >= 4 is 46.6 Å². The van der Waals surface area contributed by atoms with Gasteiger partial charge in [0, 0.05) is 29.5 Å². The number of nitro groups is 1. The molecule has 0 saturated carbocycles. The minimum absolute atomic E-state index is 0.0341. The average Bonchev–Trinajstić information content (AvgIpc) is 3.30. The fourth-order valence-corrected chi connectivity index (χ4v) is 2.87. The number of nitrogens with one attached hydrogen (secondary N) is 3. The van der Waals surface area contributed by atoms with Crippen molar-refractivity contribution in [3.63, 3.8) is 0 Å². The first kappa shape index (κ1) is 22.4. The maximum Gasteiger partial charge on any atom is 0.270 e. The van der Waals surface area contributed by atoms with Gasteiger partial charge < -0.3 is 15.1 Å². The molecule has 0 aliphatic heterocycles. The molecule has 2 amide bonds. The van der Waals surface area contributed by atoms with E-state index in [-0.39, 0.29) is 23.3 Å². The number of anilines is 1. The zero-order valence-corrected chi connectivity index (χ0v) is 17.4. The zero-order valence-electron chi connectivity index (χ0n) is 16.6. The highest BCUT2D eigenvalue weighted by Crippen LogP contribution is 2.14. The molecule has 0 unspecified atom stereocenters. The van der Waals surface area contributed by atoms with E-state index in [2.05, 4.69) is 16.0 Å². The predicted octanol–water partition coefficient (Wildman–Crippen LogP) is 3.64. The van der Waals surface area contributed by atoms with Gasteiger partial charge in [0.25, 0.3) is 11.6 Å². The lowest BCUT2D eigenvalue weighted by atomic mass is 10.2. The van der Waals surface area contributed by atoms with Crippen LogP contribution in [0, 0.1) is 10.1 Å². The minimum Gasteiger partial charge on any atom is -0.467 e. The van der Waals surface area contributed by atoms with Crippen LogP contribution in [-0.2, 0) is 11.3 Å². The summed E-state index contributed by atoms with van der Waals surface area (Å²) in [7, 11) is 0. The average molecular weight is 450 g/mol. The summed E-state index contributed by atoms with van der Waals surface area (Å²) in [5.41, 5.74) is 1.35. The zero-order chi connectivity index (χ0) is 22.9. The van der Waals surface area contributed by atoms with Crippen LogP contribution in [0.5, 0.6) is 0 Å². The van der Waals surface area contributed by atoms with Gasteiger partial charge in [0.15, 0.2) is 5.11 Å². The molecule has 0 aliphatic carbocycles. The van der Waals surface area contributed by atoms with Crippen LogP contribution in [0.2, 0.25) is 0 Å². The van der Waals surface area contributed by atoms with Crippen LogP contribution >= 0.6 is 12.2 Å². The van der Waals surface area contributed by atoms with Gasteiger partial charge in [-0.05, 0) is 54.2 Å². The molecule has 0 saturated heterocycles. The third kappa shape index (κ3) is 6.61. The Labute approximate surface area is 188 Å². The first-order chi connectivity index (χ1) is 15.4. The van der Waals surface area contributed by atoms with Crippen LogP contribution < -0.4 is 16.0 Å². The highest BCUT2D eigenvalue weighted by Gasteiger charge is 2.09. The van der Waals surface area contributed by atoms with Crippen LogP contribution in [0.3, 0.4) is 0 Å². The molecule has 0 radical (unpaired) electrons. The van der Waals surface area contributed by atoms with E-state index >= 15 is 0 Å². The molecular formula is C22H18N4O5S. The monoisotopic (exact) mass is 450 g/mol. The second kappa shape index (κ2) is 10.6. The number of hydrogen-bond donors (Lipinski definition) is 3. The Balaban J connectivity index is 1.53. The lowest BCUT2D eigenvalue weighted by Gasteiger charge is -2.10. The number of hydrogen-bond acceptors (Lipinski definition) is 6. The van der Waals surface area contributed by atoms with Gasteiger partial charge in [0.1, 0.15) is 5.76 Å². The van der Waals surface area contributed by atoms with Crippen LogP contribution in [0.25, 0.3) is 6.08 Å². The first-order valence-electron chi connectivity index (χ1n) is 9.36. The van der Waals surface area contributed by atoms with Crippen LogP contribution in [0.15, 0.2) is 77.4 Å². The Hall–Kier alpha value is -4.31. The van der Waals surface area contributed by atoms with Crippen LogP contribution in [0.4, 0.5) is 11.4 Å². The molecule has 3 N–H and O–H groups in total. The number of nitro benzene ring substituents is 1. The third-order valence-electron chi connectivity index (χ3n) is 4.13. The number of nitrogens with zero attached hydrogens (tertiary/aromatic N) is 1. The smallest absolute Gasteiger partial charge is 0.270 e. The molecule has 0 fully saturated rings. The number of carbonyl (C=O) groups is 2. The standard InChI is InChI=1S/C22H18N4O5S/c27-20(10-9-15-4-1-7-18(12-15)26(29)30)25-22(32)24-17-6-2-5-16(13-17)21(28)23-14-19-8-3-11-31-19/h1-13H,14H2,(H,23,28)(H2,24,25,27,32)/b10-9+. The van der Waals surface area contributed by atoms with Crippen molar-refractivity contribution < 1.29 is 18.9 Å². The quantitative estimate of drug-likeness (QED) is 0.217. The van der Waals surface area contributed by atoms with Gasteiger partial charge in [-0.15, -0.1) is 0 Å². The van der Waals surface area contributed by atoms with E-state index in [4.69, 9.17) is 16.6 Å². The Bertz CT molecular complexity index is 1170. The fraction of sp³-hybridized carbons (Fsp3) is 0.0455. The van der Waals surface area contributed by atoms with Crippen LogP contribution in [-0.4, -0.2) is 21.9 Å². The minimum atomic E-state index is -0.513. The number of benzene rings is 2. The molecular weight excluding hydrogens is 432 g/mol. The Morgan fingerprint density at radius 3 is 2.66 bits per heavy atom. The summed E-state index contributed by atoms with van der Waals surface area (Å²) in [6.07, 6.45) is 4.18. The summed E-state index contributed by atoms with van der Waals surface area (Å²) in [5, 5.41) is 18.9. The van der Waals surface area contributed by atoms with Gasteiger partial charge in [0.05, 0.1) is 17.7 Å². The van der Waals surface area contributed by atoms with E-state index in [9.17, 15) is 19.7 Å². The Kier molecular flexibility index (Phi) is 7.44. The van der Waals surface area contributed by atoms with Gasteiger partial charge in [-0.3, -0.25) is 25.0 Å². The number of carbonyl (C=O) groups excluding carboxylic acids is 2. The van der Waals surface area contributed by atoms with E-state index in [1.165, 1.54) is 36.6 Å². The third-order valence-corrected chi connectivity index (χ3v) is 4.33. The fourth-order valence-electron chi connectivity index (χ4n) is 2.65. The molecule has 0 spiro atoms. The molecule has 0 atom stereocenters. The predicted molar refractivity (Wildman–Crippen MR) is 123 cm³/mol. The summed E-state index contributed by atoms with van der Waals surface area (Å²) < 4.78 is 5.18. The summed E-state index contributed by atoms with van der Waals surface area (Å²) in [5.74, 6) is -0.170. The normalized spacial score (nSPS) is 10.5. The maximum atomic E-state index is 12.3. The largest absolute Gasteiger partial charge is 0.467 e. The summed E-state index contributed by atoms with van der Waals surface area (Å²) >= 11 is 5.13. The van der Waals surface area contributed by atoms with Crippen molar-refractivity contribution in [2.24, 2.45) is 0 Å². The molecule has 0 aliphatic rings. The lowest BCUT2D eigenvalue weighted by molar-refractivity contribution is -0.384. The second-order valence-corrected chi connectivity index (χ2v) is 6.88. The number of amides is 2. The highest BCUT2D eigenvalue weighted by atomic mass is 32.1. The lowest BCUT2D eigenvalue weighted by Crippen LogP contribution is -2.33. The molecule has 10 heteroatoms. The van der Waals surface area contributed by atoms with Gasteiger partial charge in [-0.1, -0.05) is 18.2 Å². The van der Waals surface area contributed by atoms with E-state index in [0.29, 0.717) is 22.6 Å². The molecule has 2 aromatic carbocycles. The maximum absolute atomic E-state index is 12.3. The van der Waals surface area contributed by atoms with Crippen LogP contribution in [0.1, 0.15) is 21.7 Å². The molecule has 3 aromatic rings. The Morgan fingerprint density at radius 1 is 1.09 bits per heavy atom. The van der Waals surface area contributed by atoms with Gasteiger partial charge in [-0.2, -0.15) is 0 Å². The first-order valence-corrected chi connectivity index (χ1v) is 9.77. The van der Waals surface area contributed by atoms with Crippen molar-refractivity contribution in [2.45, 2.75) is 6.54 Å². The summed E-state index contributed by atoms with van der Waals surface area (Å²) in [6, 6.07) is 16.0. The number of thiocarbonyl (C=S) groups is 1. The second-order valence-electron chi connectivity index (χ2n) is 6.47. The van der Waals surface area contributed by atoms with Crippen molar-refractivity contribution in [2.75, 3.05) is 5.32 Å². The van der Waals surface area contributed by atoms with Crippen molar-refractivity contribution in [1.82, 2.24) is 10.6 Å². The van der Waals surface area contributed by atoms with E-state index < -0.39 is 10.8 Å². The van der Waals surface area contributed by atoms with Crippen molar-refractivity contribution in [1.29, 1.82) is 0 Å². The summed E-state index contributed by atoms with van der Waals surface area (Å²) in [6.45, 7) is 0.259. The molecule has 162 valence electrons. The molecule has 3 rings (SSSR count). The molecule has 9 nitrogen and oxygen atoms in total. The molecule has 1 aromatic heterocycles. The molecule has 1 heterocycles. The topological polar surface area (TPSA) is 127 Å². The van der Waals surface area contributed by atoms with E-state index in [1.807, 2.05) is 0 Å². The number of non-ortho nitro benzene ring substituents is 1. The Morgan fingerprint density at radius 2 is 1.91 bits per heavy atom. The number of furan rings is 1. The highest BCUT2D eigenvalue weighted by molar-refractivity contribution is 7.80. The SMILES string of the molecule is O=C(/C=C/c1cccc([N+](=O)[O-])c1)NC(=S)Nc1cccc(C(=O)NCc2ccco2)c1.